The van der Waals surface area contributed by atoms with Crippen molar-refractivity contribution >= 4 is 23.4 Å². The van der Waals surface area contributed by atoms with Crippen molar-refractivity contribution in [3.05, 3.63) is 135 Å². The minimum atomic E-state index is -0.613. The molecule has 1 atom stereocenters. The number of nitro groups is 1. The van der Waals surface area contributed by atoms with E-state index >= 15 is 0 Å². The Morgan fingerprint density at radius 3 is 2.23 bits per heavy atom. The first kappa shape index (κ1) is 30.3. The van der Waals surface area contributed by atoms with Gasteiger partial charge in [0.2, 0.25) is 0 Å². The van der Waals surface area contributed by atoms with Gasteiger partial charge in [0.1, 0.15) is 11.5 Å². The van der Waals surface area contributed by atoms with Crippen LogP contribution in [0.1, 0.15) is 38.9 Å². The van der Waals surface area contributed by atoms with E-state index in [0.29, 0.717) is 45.9 Å². The SMILES string of the molecule is COc1cc(OC)cc(C(=O)NC(Cc2ccccc2)c2nnc(SCc3cccc(C)c3)n2-c2ccc([N+](=O)[O-])cc2)c1. The molecule has 1 heterocycles. The molecule has 0 saturated carbocycles. The van der Waals surface area contributed by atoms with Crippen LogP contribution in [0.2, 0.25) is 0 Å². The van der Waals surface area contributed by atoms with E-state index in [2.05, 4.69) is 21.6 Å². The Balaban J connectivity index is 1.57. The van der Waals surface area contributed by atoms with Crippen LogP contribution < -0.4 is 14.8 Å². The van der Waals surface area contributed by atoms with Gasteiger partial charge < -0.3 is 14.8 Å². The molecule has 1 amide bonds. The van der Waals surface area contributed by atoms with Crippen molar-refractivity contribution < 1.29 is 19.2 Å². The van der Waals surface area contributed by atoms with Crippen molar-refractivity contribution in [2.24, 2.45) is 0 Å². The second-order valence-electron chi connectivity index (χ2n) is 10.0. The van der Waals surface area contributed by atoms with E-state index in [0.717, 1.165) is 16.7 Å². The van der Waals surface area contributed by atoms with Crippen molar-refractivity contribution in [1.82, 2.24) is 20.1 Å². The third-order valence-electron chi connectivity index (χ3n) is 6.94. The fraction of sp³-hybridized carbons (Fsp3) is 0.182. The third kappa shape index (κ3) is 7.24. The van der Waals surface area contributed by atoms with Crippen LogP contribution in [-0.2, 0) is 12.2 Å². The number of carbonyl (C=O) groups is 1. The topological polar surface area (TPSA) is 121 Å². The summed E-state index contributed by atoms with van der Waals surface area (Å²) in [4.78, 5) is 24.7. The number of thioether (sulfide) groups is 1. The van der Waals surface area contributed by atoms with Crippen LogP contribution in [0.3, 0.4) is 0 Å². The number of amides is 1. The van der Waals surface area contributed by atoms with Gasteiger partial charge in [0.25, 0.3) is 11.6 Å². The molecule has 0 aliphatic heterocycles. The number of non-ortho nitro benzene ring substituents is 1. The number of benzene rings is 4. The largest absolute Gasteiger partial charge is 0.497 e. The van der Waals surface area contributed by atoms with Gasteiger partial charge >= 0.3 is 0 Å². The monoisotopic (exact) mass is 609 g/mol. The van der Waals surface area contributed by atoms with E-state index in [1.807, 2.05) is 60.0 Å². The predicted octanol–water partition coefficient (Wildman–Crippen LogP) is 6.51. The summed E-state index contributed by atoms with van der Waals surface area (Å²) in [6, 6.07) is 28.6. The van der Waals surface area contributed by atoms with Gasteiger partial charge in [-0.3, -0.25) is 19.5 Å². The lowest BCUT2D eigenvalue weighted by Gasteiger charge is -2.21. The minimum absolute atomic E-state index is 0.0292. The van der Waals surface area contributed by atoms with Gasteiger partial charge in [-0.05, 0) is 48.7 Å². The molecule has 11 heteroatoms. The fourth-order valence-electron chi connectivity index (χ4n) is 4.75. The molecule has 4 aromatic carbocycles. The molecule has 0 bridgehead atoms. The maximum atomic E-state index is 13.7. The molecule has 1 N–H and O–H groups in total. The van der Waals surface area contributed by atoms with Crippen LogP contribution in [-0.4, -0.2) is 39.8 Å². The van der Waals surface area contributed by atoms with Gasteiger partial charge in [-0.1, -0.05) is 71.9 Å². The van der Waals surface area contributed by atoms with E-state index in [1.54, 1.807) is 30.3 Å². The lowest BCUT2D eigenvalue weighted by Crippen LogP contribution is -2.32. The summed E-state index contributed by atoms with van der Waals surface area (Å²) in [7, 11) is 3.05. The van der Waals surface area contributed by atoms with Gasteiger partial charge in [0, 0.05) is 35.2 Å². The van der Waals surface area contributed by atoms with Gasteiger partial charge in [-0.15, -0.1) is 10.2 Å². The molecule has 0 radical (unpaired) electrons. The smallest absolute Gasteiger partial charge is 0.269 e. The second-order valence-corrected chi connectivity index (χ2v) is 11.0. The van der Waals surface area contributed by atoms with Gasteiger partial charge in [0.15, 0.2) is 11.0 Å². The number of carbonyl (C=O) groups excluding carboxylic acids is 1. The van der Waals surface area contributed by atoms with Gasteiger partial charge in [-0.25, -0.2) is 0 Å². The van der Waals surface area contributed by atoms with Gasteiger partial charge in [-0.2, -0.15) is 0 Å². The molecule has 1 unspecified atom stereocenters. The first-order chi connectivity index (χ1) is 21.3. The number of nitro benzene ring substituents is 1. The van der Waals surface area contributed by atoms with Gasteiger partial charge in [0.05, 0.1) is 25.2 Å². The molecular formula is C33H31N5O5S. The summed E-state index contributed by atoms with van der Waals surface area (Å²) < 4.78 is 12.6. The Kier molecular flexibility index (Phi) is 9.56. The first-order valence-electron chi connectivity index (χ1n) is 13.8. The number of aryl methyl sites for hydroxylation is 1. The number of ether oxygens (including phenoxy) is 2. The molecule has 0 aliphatic rings. The maximum Gasteiger partial charge on any atom is 0.269 e. The number of hydrogen-bond donors (Lipinski definition) is 1. The molecule has 1 aromatic heterocycles. The van der Waals surface area contributed by atoms with Crippen molar-refractivity contribution in [1.29, 1.82) is 0 Å². The normalized spacial score (nSPS) is 11.5. The molecule has 44 heavy (non-hydrogen) atoms. The zero-order valence-electron chi connectivity index (χ0n) is 24.5. The van der Waals surface area contributed by atoms with E-state index in [-0.39, 0.29) is 11.6 Å². The fourth-order valence-corrected chi connectivity index (χ4v) is 5.66. The summed E-state index contributed by atoms with van der Waals surface area (Å²) in [6.07, 6.45) is 0.418. The molecule has 0 fully saturated rings. The maximum absolute atomic E-state index is 13.7. The minimum Gasteiger partial charge on any atom is -0.497 e. The average molecular weight is 610 g/mol. The molecule has 10 nitrogen and oxygen atoms in total. The van der Waals surface area contributed by atoms with E-state index in [1.165, 1.54) is 38.1 Å². The van der Waals surface area contributed by atoms with Crippen molar-refractivity contribution in [2.75, 3.05) is 14.2 Å². The molecule has 224 valence electrons. The average Bonchev–Trinajstić information content (AvgIpc) is 3.47. The van der Waals surface area contributed by atoms with E-state index in [4.69, 9.17) is 9.47 Å². The second kappa shape index (κ2) is 13.9. The molecule has 5 rings (SSSR count). The van der Waals surface area contributed by atoms with Crippen LogP contribution in [0.5, 0.6) is 11.5 Å². The Morgan fingerprint density at radius 2 is 1.59 bits per heavy atom. The van der Waals surface area contributed by atoms with Crippen LogP contribution in [0, 0.1) is 17.0 Å². The van der Waals surface area contributed by atoms with Crippen LogP contribution in [0.15, 0.2) is 102 Å². The number of hydrogen-bond acceptors (Lipinski definition) is 8. The molecule has 0 saturated heterocycles. The summed E-state index contributed by atoms with van der Waals surface area (Å²) in [5.74, 6) is 1.73. The molecule has 5 aromatic rings. The Labute approximate surface area is 259 Å². The number of methoxy groups -OCH3 is 2. The van der Waals surface area contributed by atoms with E-state index < -0.39 is 11.0 Å². The van der Waals surface area contributed by atoms with Crippen LogP contribution in [0.4, 0.5) is 5.69 Å². The summed E-state index contributed by atoms with van der Waals surface area (Å²) in [6.45, 7) is 2.04. The predicted molar refractivity (Wildman–Crippen MR) is 169 cm³/mol. The first-order valence-corrected chi connectivity index (χ1v) is 14.8. The zero-order chi connectivity index (χ0) is 31.1. The molecular weight excluding hydrogens is 578 g/mol. The van der Waals surface area contributed by atoms with Crippen LogP contribution in [0.25, 0.3) is 5.69 Å². The van der Waals surface area contributed by atoms with E-state index in [9.17, 15) is 14.9 Å². The Hall–Kier alpha value is -5.16. The summed E-state index contributed by atoms with van der Waals surface area (Å²) >= 11 is 1.49. The number of rotatable bonds is 12. The zero-order valence-corrected chi connectivity index (χ0v) is 25.3. The lowest BCUT2D eigenvalue weighted by molar-refractivity contribution is -0.384. The van der Waals surface area contributed by atoms with Crippen LogP contribution >= 0.6 is 11.8 Å². The number of aromatic nitrogens is 3. The molecule has 0 spiro atoms. The quantitative estimate of drug-likeness (QED) is 0.0966. The highest BCUT2D eigenvalue weighted by Crippen LogP contribution is 2.31. The Morgan fingerprint density at radius 1 is 0.909 bits per heavy atom. The number of nitrogens with zero attached hydrogens (tertiary/aromatic N) is 4. The number of nitrogens with one attached hydrogen (secondary N) is 1. The standard InChI is InChI=1S/C33H31N5O5S/c1-22-8-7-11-24(16-22)21-44-33-36-35-31(37(33)26-12-14-27(15-13-26)38(40)41)30(17-23-9-5-4-6-10-23)34-32(39)25-18-28(42-2)20-29(19-25)43-3/h4-16,18-20,30H,17,21H2,1-3H3,(H,34,39). The highest BCUT2D eigenvalue weighted by atomic mass is 32.2. The Bertz CT molecular complexity index is 1740. The summed E-state index contributed by atoms with van der Waals surface area (Å²) in [5, 5.41) is 24.2. The highest BCUT2D eigenvalue weighted by molar-refractivity contribution is 7.98. The highest BCUT2D eigenvalue weighted by Gasteiger charge is 2.26. The summed E-state index contributed by atoms with van der Waals surface area (Å²) in [5.41, 5.74) is 4.22. The lowest BCUT2D eigenvalue weighted by atomic mass is 10.0. The third-order valence-corrected chi connectivity index (χ3v) is 7.94. The van der Waals surface area contributed by atoms with Crippen molar-refractivity contribution in [3.8, 4) is 17.2 Å². The molecule has 0 aliphatic carbocycles. The van der Waals surface area contributed by atoms with Crippen molar-refractivity contribution in [2.45, 2.75) is 30.3 Å². The van der Waals surface area contributed by atoms with Crippen molar-refractivity contribution in [3.63, 3.8) is 0 Å².